The molecule has 0 saturated carbocycles. The first-order valence-electron chi connectivity index (χ1n) is 7.37. The van der Waals surface area contributed by atoms with Crippen molar-refractivity contribution in [2.45, 2.75) is 46.0 Å². The van der Waals surface area contributed by atoms with Gasteiger partial charge in [-0.2, -0.15) is 0 Å². The third-order valence-corrected chi connectivity index (χ3v) is 2.72. The van der Waals surface area contributed by atoms with Gasteiger partial charge in [0, 0.05) is 19.6 Å². The molecule has 116 valence electrons. The van der Waals surface area contributed by atoms with Crippen molar-refractivity contribution in [1.29, 1.82) is 0 Å². The van der Waals surface area contributed by atoms with E-state index in [0.29, 0.717) is 0 Å². The number of rotatable bonds is 10. The molecule has 0 atom stereocenters. The van der Waals surface area contributed by atoms with E-state index >= 15 is 0 Å². The highest BCUT2D eigenvalue weighted by Gasteiger charge is 1.95. The van der Waals surface area contributed by atoms with Crippen LogP contribution in [-0.2, 0) is 0 Å². The van der Waals surface area contributed by atoms with E-state index in [1.54, 1.807) is 0 Å². The zero-order valence-corrected chi connectivity index (χ0v) is 15.5. The number of aliphatic imine (C=N–C) groups is 1. The second kappa shape index (κ2) is 16.0. The summed E-state index contributed by atoms with van der Waals surface area (Å²) in [5.74, 6) is 0.951. The summed E-state index contributed by atoms with van der Waals surface area (Å²) in [5.41, 5.74) is 0. The summed E-state index contributed by atoms with van der Waals surface area (Å²) < 4.78 is 0. The molecule has 0 aromatic heterocycles. The van der Waals surface area contributed by atoms with Crippen LogP contribution in [0.2, 0.25) is 0 Å². The van der Waals surface area contributed by atoms with E-state index < -0.39 is 0 Å². The van der Waals surface area contributed by atoms with Crippen molar-refractivity contribution >= 4 is 29.9 Å². The zero-order valence-electron chi connectivity index (χ0n) is 13.2. The van der Waals surface area contributed by atoms with Crippen molar-refractivity contribution in [1.82, 2.24) is 15.5 Å². The third kappa shape index (κ3) is 15.9. The number of nitrogens with one attached hydrogen (secondary N) is 2. The molecule has 0 aromatic carbocycles. The van der Waals surface area contributed by atoms with Gasteiger partial charge in [0.15, 0.2) is 5.96 Å². The first-order valence-corrected chi connectivity index (χ1v) is 7.37. The number of hydrogen-bond acceptors (Lipinski definition) is 2. The Bertz CT molecular complexity index is 200. The first-order chi connectivity index (χ1) is 8.70. The summed E-state index contributed by atoms with van der Waals surface area (Å²) in [6.07, 6.45) is 6.48. The molecule has 0 heterocycles. The Kier molecular flexibility index (Phi) is 17.9. The predicted molar refractivity (Wildman–Crippen MR) is 96.7 cm³/mol. The molecule has 0 aliphatic heterocycles. The largest absolute Gasteiger partial charge is 0.357 e. The van der Waals surface area contributed by atoms with Crippen LogP contribution < -0.4 is 10.6 Å². The average Bonchev–Trinajstić information content (AvgIpc) is 2.32. The van der Waals surface area contributed by atoms with E-state index in [9.17, 15) is 0 Å². The average molecular weight is 384 g/mol. The van der Waals surface area contributed by atoms with Crippen LogP contribution in [0.4, 0.5) is 0 Å². The molecular formula is C14H33IN4. The Morgan fingerprint density at radius 2 is 1.42 bits per heavy atom. The number of nitrogens with zero attached hydrogens (tertiary/aromatic N) is 2. The molecule has 0 fully saturated rings. The summed E-state index contributed by atoms with van der Waals surface area (Å²) in [6.45, 7) is 8.19. The maximum atomic E-state index is 4.54. The molecule has 4 nitrogen and oxygen atoms in total. The predicted octanol–water partition coefficient (Wildman–Crippen LogP) is 2.69. The molecule has 0 saturated heterocycles. The Balaban J connectivity index is 0. The smallest absolute Gasteiger partial charge is 0.191 e. The van der Waals surface area contributed by atoms with Crippen LogP contribution >= 0.6 is 24.0 Å². The fourth-order valence-electron chi connectivity index (χ4n) is 1.77. The van der Waals surface area contributed by atoms with Gasteiger partial charge in [0.1, 0.15) is 0 Å². The lowest BCUT2D eigenvalue weighted by atomic mass is 10.1. The van der Waals surface area contributed by atoms with Gasteiger partial charge in [-0.15, -0.1) is 24.0 Å². The van der Waals surface area contributed by atoms with E-state index in [2.05, 4.69) is 48.5 Å². The third-order valence-electron chi connectivity index (χ3n) is 2.72. The zero-order chi connectivity index (χ0) is 13.6. The van der Waals surface area contributed by atoms with Crippen LogP contribution in [0.25, 0.3) is 0 Å². The lowest BCUT2D eigenvalue weighted by Gasteiger charge is -2.09. The topological polar surface area (TPSA) is 39.7 Å². The van der Waals surface area contributed by atoms with Crippen molar-refractivity contribution in [3.8, 4) is 0 Å². The van der Waals surface area contributed by atoms with Gasteiger partial charge >= 0.3 is 0 Å². The van der Waals surface area contributed by atoms with Crippen LogP contribution in [0.5, 0.6) is 0 Å². The Morgan fingerprint density at radius 3 is 1.95 bits per heavy atom. The standard InChI is InChI=1S/C14H32N4.HI/c1-5-15-14(16-6-2)17-12-10-8-7-9-11-13-18(3)4;/h5-13H2,1-4H3,(H2,15,16,17);1H. The maximum absolute atomic E-state index is 4.54. The molecule has 0 unspecified atom stereocenters. The van der Waals surface area contributed by atoms with E-state index in [4.69, 9.17) is 0 Å². The van der Waals surface area contributed by atoms with Gasteiger partial charge in [-0.1, -0.05) is 19.3 Å². The second-order valence-electron chi connectivity index (χ2n) is 4.86. The molecule has 0 aliphatic rings. The number of hydrogen-bond donors (Lipinski definition) is 2. The van der Waals surface area contributed by atoms with E-state index in [1.807, 2.05) is 0 Å². The first kappa shape index (κ1) is 21.3. The molecule has 19 heavy (non-hydrogen) atoms. The molecule has 0 bridgehead atoms. The number of guanidine groups is 1. The quantitative estimate of drug-likeness (QED) is 0.263. The van der Waals surface area contributed by atoms with Crippen LogP contribution in [0, 0.1) is 0 Å². The van der Waals surface area contributed by atoms with Crippen LogP contribution in [0.1, 0.15) is 46.0 Å². The molecule has 0 rings (SSSR count). The van der Waals surface area contributed by atoms with Crippen molar-refractivity contribution in [2.75, 3.05) is 40.3 Å². The molecule has 5 heteroatoms. The molecule has 0 amide bonds. The highest BCUT2D eigenvalue weighted by Crippen LogP contribution is 2.03. The summed E-state index contributed by atoms with van der Waals surface area (Å²) in [4.78, 5) is 6.79. The molecule has 0 radical (unpaired) electrons. The monoisotopic (exact) mass is 384 g/mol. The SMILES string of the molecule is CCNC(=NCCCCCCCN(C)C)NCC.I. The minimum Gasteiger partial charge on any atom is -0.357 e. The van der Waals surface area contributed by atoms with Crippen molar-refractivity contribution < 1.29 is 0 Å². The summed E-state index contributed by atoms with van der Waals surface area (Å²) in [5, 5.41) is 6.48. The normalized spacial score (nSPS) is 9.95. The molecule has 0 spiro atoms. The lowest BCUT2D eigenvalue weighted by molar-refractivity contribution is 0.390. The van der Waals surface area contributed by atoms with E-state index in [0.717, 1.165) is 25.6 Å². The summed E-state index contributed by atoms with van der Waals surface area (Å²) in [6, 6.07) is 0. The van der Waals surface area contributed by atoms with Gasteiger partial charge < -0.3 is 15.5 Å². The number of halogens is 1. The Hall–Kier alpha value is -0.0400. The molecule has 0 aromatic rings. The highest BCUT2D eigenvalue weighted by atomic mass is 127. The second-order valence-corrected chi connectivity index (χ2v) is 4.86. The van der Waals surface area contributed by atoms with Gasteiger partial charge in [-0.3, -0.25) is 4.99 Å². The molecule has 0 aliphatic carbocycles. The summed E-state index contributed by atoms with van der Waals surface area (Å²) >= 11 is 0. The lowest BCUT2D eigenvalue weighted by Crippen LogP contribution is -2.37. The van der Waals surface area contributed by atoms with Gasteiger partial charge in [-0.05, 0) is 47.3 Å². The Labute approximate surface area is 136 Å². The highest BCUT2D eigenvalue weighted by molar-refractivity contribution is 14.0. The van der Waals surface area contributed by atoms with Gasteiger partial charge in [-0.25, -0.2) is 0 Å². The van der Waals surface area contributed by atoms with Gasteiger partial charge in [0.05, 0.1) is 0 Å². The van der Waals surface area contributed by atoms with Crippen molar-refractivity contribution in [3.63, 3.8) is 0 Å². The van der Waals surface area contributed by atoms with Crippen LogP contribution in [0.15, 0.2) is 4.99 Å². The maximum Gasteiger partial charge on any atom is 0.191 e. The van der Waals surface area contributed by atoms with Gasteiger partial charge in [0.2, 0.25) is 0 Å². The minimum absolute atomic E-state index is 0. The molecular weight excluding hydrogens is 351 g/mol. The Morgan fingerprint density at radius 1 is 0.895 bits per heavy atom. The molecule has 2 N–H and O–H groups in total. The fraction of sp³-hybridized carbons (Fsp3) is 0.929. The summed E-state index contributed by atoms with van der Waals surface area (Å²) in [7, 11) is 4.27. The van der Waals surface area contributed by atoms with E-state index in [-0.39, 0.29) is 24.0 Å². The number of unbranched alkanes of at least 4 members (excludes halogenated alkanes) is 4. The van der Waals surface area contributed by atoms with Crippen LogP contribution in [0.3, 0.4) is 0 Å². The van der Waals surface area contributed by atoms with Crippen molar-refractivity contribution in [2.24, 2.45) is 4.99 Å². The van der Waals surface area contributed by atoms with Gasteiger partial charge in [0.25, 0.3) is 0 Å². The van der Waals surface area contributed by atoms with Crippen molar-refractivity contribution in [3.05, 3.63) is 0 Å². The van der Waals surface area contributed by atoms with E-state index in [1.165, 1.54) is 38.6 Å². The fourth-order valence-corrected chi connectivity index (χ4v) is 1.77. The van der Waals surface area contributed by atoms with Crippen LogP contribution in [-0.4, -0.2) is 51.1 Å². The minimum atomic E-state index is 0.